The van der Waals surface area contributed by atoms with E-state index in [4.69, 9.17) is 0 Å². The van der Waals surface area contributed by atoms with Crippen LogP contribution in [0.4, 0.5) is 0 Å². The van der Waals surface area contributed by atoms with Gasteiger partial charge >= 0.3 is 0 Å². The van der Waals surface area contributed by atoms with Gasteiger partial charge in [0, 0.05) is 0 Å². The first-order chi connectivity index (χ1) is 7.52. The largest absolute Gasteiger partial charge is 0.0772 e. The summed E-state index contributed by atoms with van der Waals surface area (Å²) in [5.74, 6) is 1.59. The van der Waals surface area contributed by atoms with E-state index in [9.17, 15) is 0 Å². The van der Waals surface area contributed by atoms with Gasteiger partial charge in [-0.1, -0.05) is 58.1 Å². The molecule has 0 saturated carbocycles. The summed E-state index contributed by atoms with van der Waals surface area (Å²) in [4.78, 5) is 0. The fourth-order valence-corrected chi connectivity index (χ4v) is 2.14. The van der Waals surface area contributed by atoms with Gasteiger partial charge in [0.25, 0.3) is 0 Å². The molecule has 2 unspecified atom stereocenters. The van der Waals surface area contributed by atoms with Crippen LogP contribution >= 0.6 is 0 Å². The molecule has 95 valence electrons. The fourth-order valence-electron chi connectivity index (χ4n) is 2.14. The van der Waals surface area contributed by atoms with Crippen molar-refractivity contribution in [3.8, 4) is 0 Å². The molecule has 0 fully saturated rings. The first kappa shape index (κ1) is 15.7. The summed E-state index contributed by atoms with van der Waals surface area (Å²) in [6.07, 6.45) is 8.93. The summed E-state index contributed by atoms with van der Waals surface area (Å²) in [6.45, 7) is 13.8. The number of hydrogen-bond donors (Lipinski definition) is 0. The lowest BCUT2D eigenvalue weighted by Crippen LogP contribution is -2.09. The molecule has 0 rings (SSSR count). The van der Waals surface area contributed by atoms with E-state index < -0.39 is 0 Å². The van der Waals surface area contributed by atoms with Crippen LogP contribution in [0, 0.1) is 18.3 Å². The van der Waals surface area contributed by atoms with Crippen molar-refractivity contribution in [2.75, 3.05) is 0 Å². The monoisotopic (exact) mass is 223 g/mol. The standard InChI is InChI=1S/C16H31/c1-7-9-14(5)15(6)11-12-16(10-8-2)13(3)4/h11,14-15H,7-10,12H2,1-6H3. The molecule has 0 amide bonds. The average Bonchev–Trinajstić information content (AvgIpc) is 2.23. The van der Waals surface area contributed by atoms with Crippen LogP contribution in [0.25, 0.3) is 0 Å². The molecule has 0 aromatic heterocycles. The van der Waals surface area contributed by atoms with E-state index in [1.807, 2.05) is 0 Å². The van der Waals surface area contributed by atoms with Gasteiger partial charge in [-0.05, 0) is 44.9 Å². The third-order valence-corrected chi connectivity index (χ3v) is 3.64. The van der Waals surface area contributed by atoms with Crippen molar-refractivity contribution >= 4 is 0 Å². The molecule has 0 aliphatic carbocycles. The third-order valence-electron chi connectivity index (χ3n) is 3.64. The predicted octanol–water partition coefficient (Wildman–Crippen LogP) is 5.79. The average molecular weight is 223 g/mol. The Labute approximate surface area is 104 Å². The zero-order chi connectivity index (χ0) is 12.6. The van der Waals surface area contributed by atoms with Gasteiger partial charge in [-0.3, -0.25) is 0 Å². The number of hydrogen-bond acceptors (Lipinski definition) is 0. The van der Waals surface area contributed by atoms with Crippen LogP contribution in [0.5, 0.6) is 0 Å². The van der Waals surface area contributed by atoms with E-state index in [0.29, 0.717) is 0 Å². The molecule has 0 spiro atoms. The molecule has 0 heterocycles. The van der Waals surface area contributed by atoms with Crippen molar-refractivity contribution in [1.29, 1.82) is 0 Å². The number of rotatable bonds is 8. The highest BCUT2D eigenvalue weighted by Crippen LogP contribution is 2.25. The number of allylic oxidation sites excluding steroid dienone is 2. The van der Waals surface area contributed by atoms with E-state index in [2.05, 4.69) is 48.0 Å². The molecule has 0 aromatic carbocycles. The van der Waals surface area contributed by atoms with Gasteiger partial charge in [-0.15, -0.1) is 0 Å². The van der Waals surface area contributed by atoms with Crippen molar-refractivity contribution in [1.82, 2.24) is 0 Å². The molecule has 0 heteroatoms. The lowest BCUT2D eigenvalue weighted by molar-refractivity contribution is 0.396. The minimum atomic E-state index is 0.756. The normalized spacial score (nSPS) is 14.6. The van der Waals surface area contributed by atoms with Crippen molar-refractivity contribution in [3.05, 3.63) is 17.6 Å². The van der Waals surface area contributed by atoms with Gasteiger partial charge in [-0.2, -0.15) is 0 Å². The van der Waals surface area contributed by atoms with E-state index in [0.717, 1.165) is 11.8 Å². The fraction of sp³-hybridized carbons (Fsp3) is 0.812. The molecule has 0 aliphatic rings. The van der Waals surface area contributed by atoms with Gasteiger partial charge in [0.05, 0.1) is 0 Å². The van der Waals surface area contributed by atoms with E-state index in [-0.39, 0.29) is 0 Å². The first-order valence-corrected chi connectivity index (χ1v) is 7.01. The molecule has 1 radical (unpaired) electrons. The minimum absolute atomic E-state index is 0.756. The van der Waals surface area contributed by atoms with Crippen molar-refractivity contribution in [2.24, 2.45) is 11.8 Å². The van der Waals surface area contributed by atoms with Crippen LogP contribution in [-0.2, 0) is 0 Å². The molecule has 0 N–H and O–H groups in total. The lowest BCUT2D eigenvalue weighted by atomic mass is 9.86. The highest BCUT2D eigenvalue weighted by molar-refractivity contribution is 5.12. The molecule has 0 nitrogen and oxygen atoms in total. The highest BCUT2D eigenvalue weighted by Gasteiger charge is 2.12. The second-order valence-corrected chi connectivity index (χ2v) is 5.42. The van der Waals surface area contributed by atoms with Crippen molar-refractivity contribution in [3.63, 3.8) is 0 Å². The Morgan fingerprint density at radius 3 is 2.12 bits per heavy atom. The SMILES string of the molecule is CCCC(C[CH]C(C)C(C)CCC)=C(C)C. The highest BCUT2D eigenvalue weighted by atomic mass is 14.2. The van der Waals surface area contributed by atoms with Crippen LogP contribution in [0.15, 0.2) is 11.1 Å². The summed E-state index contributed by atoms with van der Waals surface area (Å²) in [5, 5.41) is 0. The molecular formula is C16H31. The maximum absolute atomic E-state index is 2.53. The van der Waals surface area contributed by atoms with Crippen LogP contribution in [0.2, 0.25) is 0 Å². The summed E-state index contributed by atoms with van der Waals surface area (Å²) < 4.78 is 0. The maximum Gasteiger partial charge on any atom is -0.0284 e. The summed E-state index contributed by atoms with van der Waals surface area (Å²) in [6, 6.07) is 0. The molecule has 16 heavy (non-hydrogen) atoms. The van der Waals surface area contributed by atoms with Crippen LogP contribution in [-0.4, -0.2) is 0 Å². The zero-order valence-electron chi connectivity index (χ0n) is 12.3. The first-order valence-electron chi connectivity index (χ1n) is 7.01. The van der Waals surface area contributed by atoms with E-state index in [1.165, 1.54) is 37.7 Å². The minimum Gasteiger partial charge on any atom is -0.0772 e. The zero-order valence-corrected chi connectivity index (χ0v) is 12.3. The van der Waals surface area contributed by atoms with Gasteiger partial charge in [0.1, 0.15) is 0 Å². The third kappa shape index (κ3) is 6.35. The Bertz CT molecular complexity index is 196. The Hall–Kier alpha value is -0.260. The van der Waals surface area contributed by atoms with Crippen LogP contribution < -0.4 is 0 Å². The van der Waals surface area contributed by atoms with E-state index in [1.54, 1.807) is 5.57 Å². The van der Waals surface area contributed by atoms with Crippen LogP contribution in [0.3, 0.4) is 0 Å². The molecule has 0 aliphatic heterocycles. The molecule has 0 saturated heterocycles. The summed E-state index contributed by atoms with van der Waals surface area (Å²) in [7, 11) is 0. The smallest absolute Gasteiger partial charge is 0.0284 e. The van der Waals surface area contributed by atoms with Gasteiger partial charge < -0.3 is 0 Å². The molecule has 0 bridgehead atoms. The van der Waals surface area contributed by atoms with Gasteiger partial charge in [0.15, 0.2) is 0 Å². The second-order valence-electron chi connectivity index (χ2n) is 5.42. The quantitative estimate of drug-likeness (QED) is 0.457. The molecule has 2 atom stereocenters. The Morgan fingerprint density at radius 1 is 1.06 bits per heavy atom. The van der Waals surface area contributed by atoms with E-state index >= 15 is 0 Å². The Kier molecular flexibility index (Phi) is 8.70. The topological polar surface area (TPSA) is 0 Å². The maximum atomic E-state index is 2.53. The Balaban J connectivity index is 4.06. The Morgan fingerprint density at radius 2 is 1.69 bits per heavy atom. The van der Waals surface area contributed by atoms with Crippen molar-refractivity contribution < 1.29 is 0 Å². The molecule has 0 aromatic rings. The summed E-state index contributed by atoms with van der Waals surface area (Å²) in [5.41, 5.74) is 3.17. The van der Waals surface area contributed by atoms with Crippen molar-refractivity contribution in [2.45, 2.75) is 73.6 Å². The van der Waals surface area contributed by atoms with Gasteiger partial charge in [-0.25, -0.2) is 0 Å². The molecular weight excluding hydrogens is 192 g/mol. The summed E-state index contributed by atoms with van der Waals surface area (Å²) >= 11 is 0. The predicted molar refractivity (Wildman–Crippen MR) is 75.4 cm³/mol. The van der Waals surface area contributed by atoms with Gasteiger partial charge in [0.2, 0.25) is 0 Å². The van der Waals surface area contributed by atoms with Crippen LogP contribution in [0.1, 0.15) is 73.6 Å². The second kappa shape index (κ2) is 8.84. The lowest BCUT2D eigenvalue weighted by Gasteiger charge is -2.20.